The van der Waals surface area contributed by atoms with Crippen LogP contribution in [0, 0.1) is 17.8 Å². The summed E-state index contributed by atoms with van der Waals surface area (Å²) in [6, 6.07) is 6.28. The Balaban J connectivity index is 1.51. The minimum absolute atomic E-state index is 0.0107. The lowest BCUT2D eigenvalue weighted by atomic mass is 9.97. The van der Waals surface area contributed by atoms with Crippen molar-refractivity contribution in [3.63, 3.8) is 0 Å². The Hall–Kier alpha value is -4.93. The number of aromatic nitrogens is 2. The molecule has 0 aliphatic carbocycles. The fraction of sp³-hybridized carbons (Fsp3) is 0.517. The molecule has 29 nitrogen and oxygen atoms in total. The molecule has 0 saturated carbocycles. The highest BCUT2D eigenvalue weighted by atomic mass is 31.3. The van der Waals surface area contributed by atoms with Gasteiger partial charge in [0.05, 0.1) is 38.0 Å². The molecule has 334 valence electrons. The van der Waals surface area contributed by atoms with Crippen LogP contribution in [0.2, 0.25) is 0 Å². The summed E-state index contributed by atoms with van der Waals surface area (Å²) in [5.74, 6) is 3.81. The second-order valence-corrected chi connectivity index (χ2v) is 16.4. The molecule has 10 N–H and O–H groups in total. The Labute approximate surface area is 344 Å². The molecule has 2 amide bonds. The fourth-order valence-electron chi connectivity index (χ4n) is 5.06. The molecule has 2 aromatic rings. The first kappa shape index (κ1) is 50.4. The van der Waals surface area contributed by atoms with Crippen LogP contribution in [0.4, 0.5) is 5.82 Å². The zero-order chi connectivity index (χ0) is 45.1. The minimum Gasteiger partial charge on any atom is -0.491 e. The van der Waals surface area contributed by atoms with Crippen LogP contribution in [-0.4, -0.2) is 112 Å². The zero-order valence-electron chi connectivity index (χ0n) is 31.6. The van der Waals surface area contributed by atoms with Crippen molar-refractivity contribution in [2.75, 3.05) is 64.9 Å². The summed E-state index contributed by atoms with van der Waals surface area (Å²) >= 11 is 0. The Kier molecular flexibility index (Phi) is 20.3. The van der Waals surface area contributed by atoms with E-state index >= 15 is 0 Å². The smallest absolute Gasteiger partial charge is 0.490 e. The standard InChI is InChI=1S/C29H41N12O17P3/c30-7-10-35-28(43)20-3-1-5-22(13-20)54-18-25(38-40-33)53-12-11-52-17-24(42)34-8-2-4-21-15-41(29(44)37-27(21)31)26-14-19(6-9-36-39-32)23(56-26)16-55-60(48,49)58-61(50,51)57-59(45,46)47/h1,3,5,13,15,19,23,25-26H,6-12,14,16-18,30H2,(H,34,42)(H,35,43)(H,48,49)(H,50,51)(H2,31,37,44)(H2,45,46,47)/t19?,23-,25?,26-/m1/s1. The number of carbonyl (C=O) groups is 2. The summed E-state index contributed by atoms with van der Waals surface area (Å²) in [6.07, 6.45) is -2.01. The summed E-state index contributed by atoms with van der Waals surface area (Å²) in [6.45, 7) is -1.29. The second kappa shape index (κ2) is 24.5. The number of hydrogen-bond acceptors (Lipinski definition) is 18. The molecular weight excluding hydrogens is 881 g/mol. The van der Waals surface area contributed by atoms with Crippen molar-refractivity contribution in [1.29, 1.82) is 0 Å². The topological polar surface area (TPSA) is 439 Å². The number of nitrogens with two attached hydrogens (primary N) is 2. The SMILES string of the molecule is [N-]=[N+]=NCCC1C[C@H](n2cc(C#CCNC(=O)COCCOC(COc3cccc(C(=O)NCCN)c3)N=[N+]=[N-])c(N)nc2=O)O[C@@H]1COP(=O)(O)OP(=O)(O)OP(=O)(O)O. The number of rotatable bonds is 25. The van der Waals surface area contributed by atoms with Gasteiger partial charge in [-0.05, 0) is 48.0 Å². The van der Waals surface area contributed by atoms with Gasteiger partial charge in [0.25, 0.3) is 5.91 Å². The summed E-state index contributed by atoms with van der Waals surface area (Å²) in [7, 11) is -16.9. The average Bonchev–Trinajstić information content (AvgIpc) is 3.58. The fourth-order valence-corrected chi connectivity index (χ4v) is 8.09. The van der Waals surface area contributed by atoms with Gasteiger partial charge in [-0.15, -0.1) is 0 Å². The van der Waals surface area contributed by atoms with Crippen LogP contribution >= 0.6 is 23.5 Å². The number of carbonyl (C=O) groups excluding carboxylic acids is 2. The molecule has 61 heavy (non-hydrogen) atoms. The molecular formula is C29H41N12O17P3. The Bertz CT molecular complexity index is 2210. The zero-order valence-corrected chi connectivity index (χ0v) is 34.3. The van der Waals surface area contributed by atoms with Crippen molar-refractivity contribution in [1.82, 2.24) is 20.2 Å². The molecule has 4 unspecified atom stereocenters. The molecule has 0 bridgehead atoms. The third-order valence-electron chi connectivity index (χ3n) is 7.60. The molecule has 32 heteroatoms. The summed E-state index contributed by atoms with van der Waals surface area (Å²) < 4.78 is 70.1. The van der Waals surface area contributed by atoms with E-state index in [9.17, 15) is 37.9 Å². The lowest BCUT2D eigenvalue weighted by molar-refractivity contribution is -0.126. The van der Waals surface area contributed by atoms with E-state index in [4.69, 9.17) is 55.8 Å². The number of nitrogens with one attached hydrogen (secondary N) is 2. The van der Waals surface area contributed by atoms with Crippen LogP contribution in [0.5, 0.6) is 5.75 Å². The number of amides is 2. The molecule has 0 spiro atoms. The molecule has 1 saturated heterocycles. The summed E-state index contributed by atoms with van der Waals surface area (Å²) in [5.41, 5.74) is 28.3. The number of ether oxygens (including phenoxy) is 4. The van der Waals surface area contributed by atoms with Crippen molar-refractivity contribution < 1.29 is 75.0 Å². The highest BCUT2D eigenvalue weighted by molar-refractivity contribution is 7.66. The largest absolute Gasteiger partial charge is 0.491 e. The lowest BCUT2D eigenvalue weighted by Crippen LogP contribution is -2.29. The maximum Gasteiger partial charge on any atom is 0.490 e. The van der Waals surface area contributed by atoms with E-state index in [0.717, 1.165) is 4.57 Å². The summed E-state index contributed by atoms with van der Waals surface area (Å²) in [5, 5.41) is 12.1. The maximum atomic E-state index is 12.8. The predicted octanol–water partition coefficient (Wildman–Crippen LogP) is 0.678. The van der Waals surface area contributed by atoms with Gasteiger partial charge in [0, 0.05) is 41.2 Å². The molecule has 0 radical (unpaired) electrons. The number of phosphoric acid groups is 3. The predicted molar refractivity (Wildman–Crippen MR) is 206 cm³/mol. The average molecular weight is 923 g/mol. The monoisotopic (exact) mass is 922 g/mol. The highest BCUT2D eigenvalue weighted by Crippen LogP contribution is 2.66. The first-order chi connectivity index (χ1) is 28.8. The number of phosphoric ester groups is 1. The van der Waals surface area contributed by atoms with Crippen molar-refractivity contribution >= 4 is 41.1 Å². The van der Waals surface area contributed by atoms with Crippen molar-refractivity contribution in [3.8, 4) is 17.6 Å². The van der Waals surface area contributed by atoms with E-state index in [2.05, 4.69) is 56.1 Å². The van der Waals surface area contributed by atoms with Crippen LogP contribution in [0.25, 0.3) is 20.9 Å². The Morgan fingerprint density at radius 1 is 1.11 bits per heavy atom. The minimum atomic E-state index is -5.79. The van der Waals surface area contributed by atoms with Gasteiger partial charge in [-0.25, -0.2) is 18.5 Å². The van der Waals surface area contributed by atoms with E-state index in [1.54, 1.807) is 18.2 Å². The first-order valence-electron chi connectivity index (χ1n) is 17.4. The number of nitrogens with zero attached hydrogens (tertiary/aromatic N) is 8. The maximum absolute atomic E-state index is 12.8. The van der Waals surface area contributed by atoms with Gasteiger partial charge in [0.2, 0.25) is 5.91 Å². The molecule has 2 heterocycles. The molecule has 1 aromatic carbocycles. The highest BCUT2D eigenvalue weighted by Gasteiger charge is 2.43. The van der Waals surface area contributed by atoms with Crippen LogP contribution in [0.3, 0.4) is 0 Å². The quantitative estimate of drug-likeness (QED) is 0.0169. The van der Waals surface area contributed by atoms with E-state index < -0.39 is 72.8 Å². The van der Waals surface area contributed by atoms with Gasteiger partial charge >= 0.3 is 29.2 Å². The van der Waals surface area contributed by atoms with Gasteiger partial charge in [0.15, 0.2) is 6.23 Å². The van der Waals surface area contributed by atoms with Gasteiger partial charge in [-0.3, -0.25) is 18.7 Å². The third-order valence-corrected chi connectivity index (χ3v) is 11.4. The van der Waals surface area contributed by atoms with Crippen molar-refractivity contribution in [3.05, 3.63) is 73.0 Å². The van der Waals surface area contributed by atoms with E-state index in [0.29, 0.717) is 17.9 Å². The number of azide groups is 2. The Morgan fingerprint density at radius 2 is 1.89 bits per heavy atom. The molecule has 1 aromatic heterocycles. The van der Waals surface area contributed by atoms with Gasteiger partial charge in [-0.2, -0.15) is 13.6 Å². The van der Waals surface area contributed by atoms with Crippen molar-refractivity contribution in [2.45, 2.75) is 31.4 Å². The van der Waals surface area contributed by atoms with E-state index in [1.165, 1.54) is 12.3 Å². The number of anilines is 1. The van der Waals surface area contributed by atoms with Crippen LogP contribution in [-0.2, 0) is 45.8 Å². The lowest BCUT2D eigenvalue weighted by Gasteiger charge is -2.21. The number of hydrogen-bond donors (Lipinski definition) is 8. The van der Waals surface area contributed by atoms with Gasteiger partial charge < -0.3 is 60.6 Å². The normalized spacial score (nSPS) is 18.5. The molecule has 1 aliphatic heterocycles. The van der Waals surface area contributed by atoms with E-state index in [1.807, 2.05) is 0 Å². The third kappa shape index (κ3) is 18.7. The molecule has 6 atom stereocenters. The van der Waals surface area contributed by atoms with E-state index in [-0.39, 0.29) is 69.6 Å². The molecule has 3 rings (SSSR count). The Morgan fingerprint density at radius 3 is 2.59 bits per heavy atom. The second-order valence-electron chi connectivity index (χ2n) is 12.0. The number of nitrogen functional groups attached to an aromatic ring is 1. The number of benzene rings is 1. The molecule has 1 aliphatic rings. The molecule has 1 fully saturated rings. The first-order valence-corrected chi connectivity index (χ1v) is 21.9. The van der Waals surface area contributed by atoms with Crippen LogP contribution in [0.1, 0.15) is 35.0 Å². The van der Waals surface area contributed by atoms with Gasteiger partial charge in [0.1, 0.15) is 31.0 Å². The van der Waals surface area contributed by atoms with Gasteiger partial charge in [-0.1, -0.05) is 28.1 Å². The van der Waals surface area contributed by atoms with Crippen LogP contribution in [0.15, 0.2) is 45.5 Å². The van der Waals surface area contributed by atoms with Crippen LogP contribution < -0.4 is 32.5 Å². The summed E-state index contributed by atoms with van der Waals surface area (Å²) in [4.78, 5) is 83.0. The van der Waals surface area contributed by atoms with Crippen molar-refractivity contribution in [2.24, 2.45) is 21.9 Å².